The van der Waals surface area contributed by atoms with Gasteiger partial charge >= 0.3 is 0 Å². The second-order valence-electron chi connectivity index (χ2n) is 2.83. The number of hydrogen-bond acceptors (Lipinski definition) is 2. The molecule has 0 aliphatic carbocycles. The van der Waals surface area contributed by atoms with Gasteiger partial charge in [-0.25, -0.2) is 0 Å². The lowest BCUT2D eigenvalue weighted by molar-refractivity contribution is 0.0456. The van der Waals surface area contributed by atoms with Gasteiger partial charge < -0.3 is 9.47 Å². The van der Waals surface area contributed by atoms with E-state index >= 15 is 0 Å². The molecule has 1 atom stereocenters. The third-order valence-corrected chi connectivity index (χ3v) is 1.52. The Morgan fingerprint density at radius 2 is 2.17 bits per heavy atom. The van der Waals surface area contributed by atoms with Gasteiger partial charge in [0.2, 0.25) is 0 Å². The highest BCUT2D eigenvalue weighted by atomic mass is 16.5. The fourth-order valence-corrected chi connectivity index (χ4v) is 0.811. The standard InChI is InChI=1S/C10H20O2/c1-4-7-11-9-6-10(3)12-8-5-2/h5,10H,2,4,6-9H2,1,3H3. The molecule has 0 N–H and O–H groups in total. The van der Waals surface area contributed by atoms with Crippen molar-refractivity contribution in [1.29, 1.82) is 0 Å². The highest BCUT2D eigenvalue weighted by Gasteiger charge is 1.99. The first-order valence-electron chi connectivity index (χ1n) is 4.61. The van der Waals surface area contributed by atoms with E-state index in [4.69, 9.17) is 9.47 Å². The van der Waals surface area contributed by atoms with Crippen LogP contribution >= 0.6 is 0 Å². The van der Waals surface area contributed by atoms with Crippen LogP contribution in [-0.4, -0.2) is 25.9 Å². The van der Waals surface area contributed by atoms with E-state index < -0.39 is 0 Å². The van der Waals surface area contributed by atoms with Gasteiger partial charge in [-0.2, -0.15) is 0 Å². The molecular weight excluding hydrogens is 152 g/mol. The summed E-state index contributed by atoms with van der Waals surface area (Å²) in [7, 11) is 0. The first-order valence-corrected chi connectivity index (χ1v) is 4.61. The molecule has 1 unspecified atom stereocenters. The zero-order chi connectivity index (χ0) is 9.23. The van der Waals surface area contributed by atoms with Crippen molar-refractivity contribution in [1.82, 2.24) is 0 Å². The van der Waals surface area contributed by atoms with Crippen molar-refractivity contribution in [3.8, 4) is 0 Å². The lowest BCUT2D eigenvalue weighted by atomic mass is 10.3. The molecule has 0 aromatic rings. The monoisotopic (exact) mass is 172 g/mol. The Morgan fingerprint density at radius 3 is 2.75 bits per heavy atom. The maximum absolute atomic E-state index is 5.37. The molecule has 0 aliphatic rings. The summed E-state index contributed by atoms with van der Waals surface area (Å²) in [4.78, 5) is 0. The molecule has 12 heavy (non-hydrogen) atoms. The van der Waals surface area contributed by atoms with Gasteiger partial charge in [-0.15, -0.1) is 6.58 Å². The summed E-state index contributed by atoms with van der Waals surface area (Å²) in [6.45, 7) is 10.0. The van der Waals surface area contributed by atoms with Crippen molar-refractivity contribution in [2.45, 2.75) is 32.8 Å². The van der Waals surface area contributed by atoms with Gasteiger partial charge in [-0.1, -0.05) is 13.0 Å². The van der Waals surface area contributed by atoms with E-state index in [-0.39, 0.29) is 6.10 Å². The molecule has 0 radical (unpaired) electrons. The number of hydrogen-bond donors (Lipinski definition) is 0. The average Bonchev–Trinajstić information content (AvgIpc) is 2.09. The van der Waals surface area contributed by atoms with E-state index in [1.807, 2.05) is 0 Å². The van der Waals surface area contributed by atoms with Gasteiger partial charge in [-0.05, 0) is 19.8 Å². The minimum Gasteiger partial charge on any atom is -0.381 e. The van der Waals surface area contributed by atoms with Crippen LogP contribution in [0.2, 0.25) is 0 Å². The van der Waals surface area contributed by atoms with Crippen LogP contribution in [0.15, 0.2) is 12.7 Å². The van der Waals surface area contributed by atoms with E-state index in [0.29, 0.717) is 6.61 Å². The molecular formula is C10H20O2. The quantitative estimate of drug-likeness (QED) is 0.413. The van der Waals surface area contributed by atoms with E-state index in [0.717, 1.165) is 26.1 Å². The fraction of sp³-hybridized carbons (Fsp3) is 0.800. The molecule has 0 bridgehead atoms. The van der Waals surface area contributed by atoms with Crippen molar-refractivity contribution in [3.05, 3.63) is 12.7 Å². The van der Waals surface area contributed by atoms with Crippen LogP contribution < -0.4 is 0 Å². The molecule has 0 rings (SSSR count). The minimum atomic E-state index is 0.278. The Morgan fingerprint density at radius 1 is 1.42 bits per heavy atom. The van der Waals surface area contributed by atoms with Crippen LogP contribution in [0.5, 0.6) is 0 Å². The van der Waals surface area contributed by atoms with E-state index in [1.165, 1.54) is 0 Å². The first kappa shape index (κ1) is 11.7. The molecule has 0 spiro atoms. The number of ether oxygens (including phenoxy) is 2. The molecule has 0 aromatic heterocycles. The van der Waals surface area contributed by atoms with Crippen molar-refractivity contribution >= 4 is 0 Å². The summed E-state index contributed by atoms with van der Waals surface area (Å²) in [6.07, 6.45) is 4.10. The minimum absolute atomic E-state index is 0.278. The van der Waals surface area contributed by atoms with Gasteiger partial charge in [-0.3, -0.25) is 0 Å². The van der Waals surface area contributed by atoms with Crippen molar-refractivity contribution < 1.29 is 9.47 Å². The Balaban J connectivity index is 3.07. The van der Waals surface area contributed by atoms with Crippen molar-refractivity contribution in [2.75, 3.05) is 19.8 Å². The lowest BCUT2D eigenvalue weighted by Crippen LogP contribution is -2.11. The summed E-state index contributed by atoms with van der Waals surface area (Å²) in [6, 6.07) is 0. The highest BCUT2D eigenvalue weighted by Crippen LogP contribution is 1.97. The Kier molecular flexibility index (Phi) is 8.51. The first-order chi connectivity index (χ1) is 5.81. The third kappa shape index (κ3) is 7.76. The molecule has 2 heteroatoms. The summed E-state index contributed by atoms with van der Waals surface area (Å²) in [5.41, 5.74) is 0. The Hall–Kier alpha value is -0.340. The zero-order valence-electron chi connectivity index (χ0n) is 8.21. The highest BCUT2D eigenvalue weighted by molar-refractivity contribution is 4.65. The van der Waals surface area contributed by atoms with Crippen LogP contribution in [0, 0.1) is 0 Å². The molecule has 0 amide bonds. The van der Waals surface area contributed by atoms with Gasteiger partial charge in [0.25, 0.3) is 0 Å². The molecule has 72 valence electrons. The van der Waals surface area contributed by atoms with Crippen LogP contribution in [-0.2, 0) is 9.47 Å². The van der Waals surface area contributed by atoms with Gasteiger partial charge in [0, 0.05) is 13.2 Å². The topological polar surface area (TPSA) is 18.5 Å². The van der Waals surface area contributed by atoms with E-state index in [2.05, 4.69) is 20.4 Å². The smallest absolute Gasteiger partial charge is 0.0648 e. The van der Waals surface area contributed by atoms with Gasteiger partial charge in [0.1, 0.15) is 0 Å². The third-order valence-electron chi connectivity index (χ3n) is 1.52. The second-order valence-corrected chi connectivity index (χ2v) is 2.83. The molecule has 2 nitrogen and oxygen atoms in total. The zero-order valence-corrected chi connectivity index (χ0v) is 8.21. The van der Waals surface area contributed by atoms with Crippen LogP contribution in [0.4, 0.5) is 0 Å². The maximum atomic E-state index is 5.37. The maximum Gasteiger partial charge on any atom is 0.0648 e. The average molecular weight is 172 g/mol. The van der Waals surface area contributed by atoms with Gasteiger partial charge in [0.15, 0.2) is 0 Å². The molecule has 0 aliphatic heterocycles. The molecule has 0 fully saturated rings. The summed E-state index contributed by atoms with van der Waals surface area (Å²) < 4.78 is 10.7. The second kappa shape index (κ2) is 8.75. The normalized spacial score (nSPS) is 12.8. The lowest BCUT2D eigenvalue weighted by Gasteiger charge is -2.11. The predicted octanol–water partition coefficient (Wildman–Crippen LogP) is 2.39. The molecule has 0 saturated carbocycles. The predicted molar refractivity (Wildman–Crippen MR) is 51.3 cm³/mol. The SMILES string of the molecule is C=CCOC(C)CCOCCC. The largest absolute Gasteiger partial charge is 0.381 e. The summed E-state index contributed by atoms with van der Waals surface area (Å²) in [5, 5.41) is 0. The van der Waals surface area contributed by atoms with Gasteiger partial charge in [0.05, 0.1) is 12.7 Å². The van der Waals surface area contributed by atoms with Crippen molar-refractivity contribution in [3.63, 3.8) is 0 Å². The fourth-order valence-electron chi connectivity index (χ4n) is 0.811. The number of rotatable bonds is 8. The van der Waals surface area contributed by atoms with Crippen LogP contribution in [0.25, 0.3) is 0 Å². The summed E-state index contributed by atoms with van der Waals surface area (Å²) >= 11 is 0. The molecule has 0 saturated heterocycles. The summed E-state index contributed by atoms with van der Waals surface area (Å²) in [5.74, 6) is 0. The molecule has 0 heterocycles. The van der Waals surface area contributed by atoms with Crippen molar-refractivity contribution in [2.24, 2.45) is 0 Å². The van der Waals surface area contributed by atoms with E-state index in [9.17, 15) is 0 Å². The van der Waals surface area contributed by atoms with E-state index in [1.54, 1.807) is 6.08 Å². The van der Waals surface area contributed by atoms with Crippen LogP contribution in [0.1, 0.15) is 26.7 Å². The Labute approximate surface area is 75.6 Å². The molecule has 0 aromatic carbocycles. The van der Waals surface area contributed by atoms with Crippen LogP contribution in [0.3, 0.4) is 0 Å². The Bertz CT molecular complexity index is 102.